The Morgan fingerprint density at radius 2 is 1.75 bits per heavy atom. The van der Waals surface area contributed by atoms with Crippen LogP contribution in [0.5, 0.6) is 5.75 Å². The molecule has 2 aromatic carbocycles. The predicted octanol–water partition coefficient (Wildman–Crippen LogP) is 4.75. The van der Waals surface area contributed by atoms with Gasteiger partial charge in [-0.3, -0.25) is 4.79 Å². The minimum atomic E-state index is -0.0515. The molecule has 3 aromatic rings. The molecule has 1 saturated heterocycles. The summed E-state index contributed by atoms with van der Waals surface area (Å²) in [5.74, 6) is 2.01. The van der Waals surface area contributed by atoms with Crippen LogP contribution in [0.4, 0.5) is 0 Å². The molecule has 168 valence electrons. The maximum atomic E-state index is 12.4. The Balaban J connectivity index is 1.31. The molecule has 6 heteroatoms. The summed E-state index contributed by atoms with van der Waals surface area (Å²) < 4.78 is 11.7. The third-order valence-electron chi connectivity index (χ3n) is 5.85. The van der Waals surface area contributed by atoms with Gasteiger partial charge in [-0.25, -0.2) is 4.98 Å². The summed E-state index contributed by atoms with van der Waals surface area (Å²) in [4.78, 5) is 19.5. The number of oxazole rings is 1. The molecule has 32 heavy (non-hydrogen) atoms. The van der Waals surface area contributed by atoms with Crippen LogP contribution in [0.3, 0.4) is 0 Å². The molecule has 0 spiro atoms. The number of piperidine rings is 1. The van der Waals surface area contributed by atoms with Gasteiger partial charge >= 0.3 is 0 Å². The summed E-state index contributed by atoms with van der Waals surface area (Å²) >= 11 is 0. The molecule has 0 bridgehead atoms. The Bertz CT molecular complexity index is 1020. The van der Waals surface area contributed by atoms with E-state index in [4.69, 9.17) is 9.15 Å². The van der Waals surface area contributed by atoms with Gasteiger partial charge in [-0.1, -0.05) is 24.1 Å². The number of hydrogen-bond acceptors (Lipinski definition) is 5. The van der Waals surface area contributed by atoms with Crippen molar-refractivity contribution in [3.05, 3.63) is 71.1 Å². The standard InChI is InChI=1S/C26H31N3O3/c1-19-6-12-23(13-7-19)31-18-24-20(2)32-26(28-24)22-10-8-21(9-11-22)25(30)27-14-17-29-15-4-3-5-16-29/h6-13H,3-5,14-18H2,1-2H3,(H,27,30). The van der Waals surface area contributed by atoms with Crippen LogP contribution in [-0.2, 0) is 6.61 Å². The third kappa shape index (κ3) is 5.77. The summed E-state index contributed by atoms with van der Waals surface area (Å²) in [5, 5.41) is 3.02. The quantitative estimate of drug-likeness (QED) is 0.555. The molecule has 0 atom stereocenters. The van der Waals surface area contributed by atoms with E-state index in [0.29, 0.717) is 24.6 Å². The van der Waals surface area contributed by atoms with Crippen LogP contribution in [0.15, 0.2) is 52.9 Å². The minimum absolute atomic E-state index is 0.0515. The maximum Gasteiger partial charge on any atom is 0.251 e. The molecule has 1 amide bonds. The predicted molar refractivity (Wildman–Crippen MR) is 125 cm³/mol. The Labute approximate surface area is 189 Å². The molecule has 6 nitrogen and oxygen atoms in total. The monoisotopic (exact) mass is 433 g/mol. The SMILES string of the molecule is Cc1ccc(OCc2nc(-c3ccc(C(=O)NCCN4CCCCC4)cc3)oc2C)cc1. The molecule has 1 aliphatic heterocycles. The van der Waals surface area contributed by atoms with Gasteiger partial charge in [0.05, 0.1) is 0 Å². The van der Waals surface area contributed by atoms with Crippen molar-refractivity contribution in [1.82, 2.24) is 15.2 Å². The average molecular weight is 434 g/mol. The fourth-order valence-electron chi connectivity index (χ4n) is 3.85. The van der Waals surface area contributed by atoms with E-state index in [1.54, 1.807) is 0 Å². The summed E-state index contributed by atoms with van der Waals surface area (Å²) in [5.41, 5.74) is 3.43. The number of aryl methyl sites for hydroxylation is 2. The zero-order valence-electron chi connectivity index (χ0n) is 18.9. The molecule has 0 unspecified atom stereocenters. The minimum Gasteiger partial charge on any atom is -0.487 e. The van der Waals surface area contributed by atoms with Crippen LogP contribution in [-0.4, -0.2) is 42.0 Å². The smallest absolute Gasteiger partial charge is 0.251 e. The van der Waals surface area contributed by atoms with Gasteiger partial charge in [-0.15, -0.1) is 0 Å². The molecule has 0 saturated carbocycles. The van der Waals surface area contributed by atoms with Crippen LogP contribution in [0.1, 0.15) is 46.6 Å². The van der Waals surface area contributed by atoms with Crippen molar-refractivity contribution in [2.45, 2.75) is 39.7 Å². The maximum absolute atomic E-state index is 12.4. The number of nitrogens with one attached hydrogen (secondary N) is 1. The molecule has 1 aliphatic rings. The summed E-state index contributed by atoms with van der Waals surface area (Å²) in [7, 11) is 0. The average Bonchev–Trinajstić information content (AvgIpc) is 3.20. The van der Waals surface area contributed by atoms with E-state index in [9.17, 15) is 4.79 Å². The van der Waals surface area contributed by atoms with Crippen molar-refractivity contribution >= 4 is 5.91 Å². The zero-order valence-corrected chi connectivity index (χ0v) is 18.9. The molecule has 0 aliphatic carbocycles. The van der Waals surface area contributed by atoms with Crippen LogP contribution in [0, 0.1) is 13.8 Å². The molecular weight excluding hydrogens is 402 g/mol. The topological polar surface area (TPSA) is 67.6 Å². The molecule has 4 rings (SSSR count). The highest BCUT2D eigenvalue weighted by atomic mass is 16.5. The van der Waals surface area contributed by atoms with Gasteiger partial charge in [0.2, 0.25) is 5.89 Å². The second-order valence-electron chi connectivity index (χ2n) is 8.36. The molecular formula is C26H31N3O3. The fourth-order valence-corrected chi connectivity index (χ4v) is 3.85. The van der Waals surface area contributed by atoms with Gasteiger partial charge in [0, 0.05) is 24.2 Å². The molecule has 2 heterocycles. The van der Waals surface area contributed by atoms with Crippen LogP contribution in [0.25, 0.3) is 11.5 Å². The Kier molecular flexibility index (Phi) is 7.22. The normalized spacial score (nSPS) is 14.3. The number of benzene rings is 2. The second kappa shape index (κ2) is 10.5. The van der Waals surface area contributed by atoms with Crippen LogP contribution in [0.2, 0.25) is 0 Å². The molecule has 0 radical (unpaired) electrons. The number of amides is 1. The number of carbonyl (C=O) groups is 1. The molecule has 1 N–H and O–H groups in total. The summed E-state index contributed by atoms with van der Waals surface area (Å²) in [6, 6.07) is 15.3. The van der Waals surface area contributed by atoms with E-state index in [1.807, 2.05) is 62.4 Å². The number of carbonyl (C=O) groups excluding carboxylic acids is 1. The van der Waals surface area contributed by atoms with Crippen molar-refractivity contribution in [2.75, 3.05) is 26.2 Å². The second-order valence-corrected chi connectivity index (χ2v) is 8.36. The van der Waals surface area contributed by atoms with Gasteiger partial charge in [-0.05, 0) is 76.2 Å². The first-order valence-corrected chi connectivity index (χ1v) is 11.4. The zero-order chi connectivity index (χ0) is 22.3. The van der Waals surface area contributed by atoms with Crippen molar-refractivity contribution in [3.8, 4) is 17.2 Å². The highest BCUT2D eigenvalue weighted by Gasteiger charge is 2.14. The first kappa shape index (κ1) is 22.1. The van der Waals surface area contributed by atoms with Crippen molar-refractivity contribution < 1.29 is 13.9 Å². The van der Waals surface area contributed by atoms with E-state index >= 15 is 0 Å². The van der Waals surface area contributed by atoms with E-state index < -0.39 is 0 Å². The van der Waals surface area contributed by atoms with Crippen molar-refractivity contribution in [3.63, 3.8) is 0 Å². The number of aromatic nitrogens is 1. The largest absolute Gasteiger partial charge is 0.487 e. The lowest BCUT2D eigenvalue weighted by Crippen LogP contribution is -2.37. The lowest BCUT2D eigenvalue weighted by molar-refractivity contribution is 0.0946. The number of ether oxygens (including phenoxy) is 1. The van der Waals surface area contributed by atoms with Gasteiger partial charge in [-0.2, -0.15) is 0 Å². The lowest BCUT2D eigenvalue weighted by atomic mass is 10.1. The van der Waals surface area contributed by atoms with E-state index in [0.717, 1.165) is 42.4 Å². The van der Waals surface area contributed by atoms with Gasteiger partial charge in [0.1, 0.15) is 23.8 Å². The molecule has 1 fully saturated rings. The van der Waals surface area contributed by atoms with Crippen LogP contribution < -0.4 is 10.1 Å². The van der Waals surface area contributed by atoms with E-state index in [2.05, 4.69) is 15.2 Å². The van der Waals surface area contributed by atoms with Crippen molar-refractivity contribution in [1.29, 1.82) is 0 Å². The van der Waals surface area contributed by atoms with Gasteiger partial charge < -0.3 is 19.4 Å². The number of rotatable bonds is 8. The van der Waals surface area contributed by atoms with Gasteiger partial charge in [0.25, 0.3) is 5.91 Å². The van der Waals surface area contributed by atoms with Crippen molar-refractivity contribution in [2.24, 2.45) is 0 Å². The lowest BCUT2D eigenvalue weighted by Gasteiger charge is -2.26. The first-order valence-electron chi connectivity index (χ1n) is 11.4. The van der Waals surface area contributed by atoms with E-state index in [-0.39, 0.29) is 5.91 Å². The highest BCUT2D eigenvalue weighted by Crippen LogP contribution is 2.23. The summed E-state index contributed by atoms with van der Waals surface area (Å²) in [6.07, 6.45) is 3.84. The van der Waals surface area contributed by atoms with Crippen LogP contribution >= 0.6 is 0 Å². The summed E-state index contributed by atoms with van der Waals surface area (Å²) in [6.45, 7) is 8.12. The highest BCUT2D eigenvalue weighted by molar-refractivity contribution is 5.94. The molecule has 1 aromatic heterocycles. The Morgan fingerprint density at radius 1 is 1.03 bits per heavy atom. The number of nitrogens with zero attached hydrogens (tertiary/aromatic N) is 2. The Morgan fingerprint density at radius 3 is 2.47 bits per heavy atom. The third-order valence-corrected chi connectivity index (χ3v) is 5.85. The fraction of sp³-hybridized carbons (Fsp3) is 0.385. The number of hydrogen-bond donors (Lipinski definition) is 1. The van der Waals surface area contributed by atoms with E-state index in [1.165, 1.54) is 24.8 Å². The Hall–Kier alpha value is -3.12. The first-order chi connectivity index (χ1) is 15.6. The number of likely N-dealkylation sites (tertiary alicyclic amines) is 1. The van der Waals surface area contributed by atoms with Gasteiger partial charge in [0.15, 0.2) is 0 Å².